The van der Waals surface area contributed by atoms with Crippen molar-refractivity contribution in [1.82, 2.24) is 0 Å². The van der Waals surface area contributed by atoms with Crippen molar-refractivity contribution < 1.29 is 29.7 Å². The summed E-state index contributed by atoms with van der Waals surface area (Å²) in [6, 6.07) is 14.3. The summed E-state index contributed by atoms with van der Waals surface area (Å²) in [5, 5.41) is 9.32. The maximum atomic E-state index is 9.87. The third kappa shape index (κ3) is 10.9. The Balaban J connectivity index is 0.000000445. The number of aryl methyl sites for hydroxylation is 1. The molecule has 0 fully saturated rings. The Morgan fingerprint density at radius 2 is 1.41 bits per heavy atom. The Labute approximate surface area is 153 Å². The molecule has 3 nitrogen and oxygen atoms in total. The number of nitrogens with zero attached hydrogens (tertiary/aromatic N) is 3. The van der Waals surface area contributed by atoms with Crippen LogP contribution >= 0.6 is 7.81 Å². The van der Waals surface area contributed by atoms with Crippen molar-refractivity contribution in [1.29, 1.82) is 5.26 Å². The molecule has 2 rings (SSSR count). The average Bonchev–Trinajstić information content (AvgIpc) is 2.51. The third-order valence-corrected chi connectivity index (χ3v) is 3.13. The van der Waals surface area contributed by atoms with Gasteiger partial charge in [0.2, 0.25) is 0 Å². The first-order valence-electron chi connectivity index (χ1n) is 7.46. The van der Waals surface area contributed by atoms with Crippen LogP contribution in [0.15, 0.2) is 48.8 Å². The minimum absolute atomic E-state index is 0.670. The summed E-state index contributed by atoms with van der Waals surface area (Å²) in [6.45, 7) is 0. The van der Waals surface area contributed by atoms with E-state index in [0.717, 1.165) is 16.8 Å². The second-order valence-electron chi connectivity index (χ2n) is 5.87. The van der Waals surface area contributed by atoms with E-state index in [1.807, 2.05) is 80.6 Å². The fourth-order valence-corrected chi connectivity index (χ4v) is 1.90. The van der Waals surface area contributed by atoms with Crippen molar-refractivity contribution in [3.8, 4) is 6.07 Å². The first-order valence-corrected chi connectivity index (χ1v) is 9.49. The van der Waals surface area contributed by atoms with Gasteiger partial charge in [-0.25, -0.2) is 4.57 Å². The summed E-state index contributed by atoms with van der Waals surface area (Å²) in [5.74, 6) is 0. The summed E-state index contributed by atoms with van der Waals surface area (Å²) in [6.07, 6.45) is 5.79. The Kier molecular flexibility index (Phi) is 5.99. The molecule has 27 heavy (non-hydrogen) atoms. The number of nitriles is 1. The molecule has 2 aromatic rings. The van der Waals surface area contributed by atoms with Crippen LogP contribution in [-0.4, -0.2) is 14.1 Å². The Hall–Kier alpha value is -2.59. The first kappa shape index (κ1) is 22.5. The zero-order valence-electron chi connectivity index (χ0n) is 14.8. The topological polar surface area (TPSA) is 30.9 Å². The van der Waals surface area contributed by atoms with E-state index in [9.17, 15) is 30.4 Å². The van der Waals surface area contributed by atoms with Gasteiger partial charge in [0.05, 0.1) is 11.6 Å². The normalized spacial score (nSPS) is 14.1. The van der Waals surface area contributed by atoms with Gasteiger partial charge in [0.1, 0.15) is 7.05 Å². The van der Waals surface area contributed by atoms with Crippen LogP contribution in [0.3, 0.4) is 0 Å². The Bertz CT molecular complexity index is 838. The second-order valence-corrected chi connectivity index (χ2v) is 7.78. The fraction of sp³-hybridized carbons (Fsp3) is 0.176. The molecule has 0 atom stereocenters. The van der Waals surface area contributed by atoms with Crippen LogP contribution < -0.4 is 9.47 Å². The fourth-order valence-electron chi connectivity index (χ4n) is 1.90. The van der Waals surface area contributed by atoms with Crippen LogP contribution in [0.2, 0.25) is 0 Å². The van der Waals surface area contributed by atoms with Gasteiger partial charge in [0.25, 0.3) is 0 Å². The van der Waals surface area contributed by atoms with E-state index >= 15 is 0 Å². The Morgan fingerprint density at radius 3 is 1.78 bits per heavy atom. The molecule has 0 amide bonds. The van der Waals surface area contributed by atoms with Crippen molar-refractivity contribution in [2.24, 2.45) is 7.05 Å². The predicted molar refractivity (Wildman–Crippen MR) is 95.4 cm³/mol. The molecule has 0 bridgehead atoms. The average molecular weight is 409 g/mol. The molecule has 0 spiro atoms. The number of allylic oxidation sites excluding steroid dienone is 1. The van der Waals surface area contributed by atoms with Gasteiger partial charge in [-0.05, 0) is 23.8 Å². The van der Waals surface area contributed by atoms with Crippen LogP contribution in [-0.2, 0) is 7.05 Å². The van der Waals surface area contributed by atoms with Gasteiger partial charge in [-0.1, -0.05) is 12.1 Å². The molecular formula is C17H18F6N3P. The molecule has 0 aliphatic heterocycles. The van der Waals surface area contributed by atoms with E-state index in [1.165, 1.54) is 0 Å². The standard InChI is InChI=1S/C17H18N3.F6P/c1-19(2)17-6-4-14(5-7-17)12-16(13-18)15-8-10-20(3)11-9-15;1-7(2,3,4,5)6/h4-12H,1-3H3;/q+1;-1. The molecule has 0 aliphatic rings. The van der Waals surface area contributed by atoms with Gasteiger partial charge < -0.3 is 4.90 Å². The maximum absolute atomic E-state index is 10.7. The Morgan fingerprint density at radius 1 is 0.963 bits per heavy atom. The number of pyridine rings is 1. The summed E-state index contributed by atoms with van der Waals surface area (Å²) in [5.41, 5.74) is 3.78. The van der Waals surface area contributed by atoms with Crippen LogP contribution in [0.4, 0.5) is 30.9 Å². The number of aromatic nitrogens is 1. The summed E-state index contributed by atoms with van der Waals surface area (Å²) in [4.78, 5) is 2.05. The van der Waals surface area contributed by atoms with Gasteiger partial charge in [-0.3, -0.25) is 0 Å². The summed E-state index contributed by atoms with van der Waals surface area (Å²) >= 11 is 0. The monoisotopic (exact) mass is 409 g/mol. The van der Waals surface area contributed by atoms with E-state index in [-0.39, 0.29) is 0 Å². The molecule has 0 saturated carbocycles. The van der Waals surface area contributed by atoms with Crippen LogP contribution in [0, 0.1) is 11.3 Å². The zero-order chi connectivity index (χ0) is 20.9. The van der Waals surface area contributed by atoms with E-state index in [2.05, 4.69) is 11.0 Å². The molecule has 1 aromatic heterocycles. The second kappa shape index (κ2) is 7.20. The van der Waals surface area contributed by atoms with E-state index in [1.54, 1.807) is 0 Å². The van der Waals surface area contributed by atoms with Gasteiger partial charge in [0, 0.05) is 37.5 Å². The molecular weight excluding hydrogens is 391 g/mol. The molecule has 10 heteroatoms. The molecule has 0 radical (unpaired) electrons. The quantitative estimate of drug-likeness (QED) is 0.269. The molecule has 0 aliphatic carbocycles. The predicted octanol–water partition coefficient (Wildman–Crippen LogP) is 6.02. The van der Waals surface area contributed by atoms with E-state index in [4.69, 9.17) is 0 Å². The van der Waals surface area contributed by atoms with Crippen LogP contribution in [0.5, 0.6) is 0 Å². The van der Waals surface area contributed by atoms with Crippen molar-refractivity contribution in [3.63, 3.8) is 0 Å². The molecule has 1 aromatic carbocycles. The van der Waals surface area contributed by atoms with Crippen molar-refractivity contribution in [2.45, 2.75) is 0 Å². The number of hydrogen-bond acceptors (Lipinski definition) is 2. The molecule has 148 valence electrons. The van der Waals surface area contributed by atoms with Crippen LogP contribution in [0.25, 0.3) is 11.6 Å². The third-order valence-electron chi connectivity index (χ3n) is 3.13. The van der Waals surface area contributed by atoms with Gasteiger partial charge in [-0.15, -0.1) is 0 Å². The number of anilines is 1. The van der Waals surface area contributed by atoms with Gasteiger partial charge >= 0.3 is 33.0 Å². The molecule has 0 unspecified atom stereocenters. The van der Waals surface area contributed by atoms with Crippen LogP contribution in [0.1, 0.15) is 11.1 Å². The number of rotatable bonds is 3. The van der Waals surface area contributed by atoms with E-state index < -0.39 is 7.81 Å². The molecule has 0 saturated heterocycles. The number of hydrogen-bond donors (Lipinski definition) is 0. The van der Waals surface area contributed by atoms with Crippen molar-refractivity contribution >= 4 is 25.1 Å². The zero-order valence-corrected chi connectivity index (χ0v) is 15.6. The first-order chi connectivity index (χ1) is 12.0. The van der Waals surface area contributed by atoms with Crippen molar-refractivity contribution in [2.75, 3.05) is 19.0 Å². The number of halogens is 6. The molecule has 0 N–H and O–H groups in total. The van der Waals surface area contributed by atoms with Gasteiger partial charge in [-0.2, -0.15) is 5.26 Å². The summed E-state index contributed by atoms with van der Waals surface area (Å²) < 4.78 is 61.1. The molecule has 1 heterocycles. The van der Waals surface area contributed by atoms with Crippen molar-refractivity contribution in [3.05, 3.63) is 59.9 Å². The van der Waals surface area contributed by atoms with Gasteiger partial charge in [0.15, 0.2) is 12.4 Å². The minimum atomic E-state index is -10.7. The van der Waals surface area contributed by atoms with E-state index in [0.29, 0.717) is 5.57 Å². The SMILES string of the molecule is CN(C)c1ccc(/C=C(\C#N)c2cc[n+](C)cc2)cc1.F[P-](F)(F)(F)(F)F. The summed E-state index contributed by atoms with van der Waals surface area (Å²) in [7, 11) is -4.68. The number of benzene rings is 1.